The summed E-state index contributed by atoms with van der Waals surface area (Å²) in [5.41, 5.74) is 2.60. The van der Waals surface area contributed by atoms with Crippen molar-refractivity contribution in [2.45, 2.75) is 31.8 Å². The van der Waals surface area contributed by atoms with E-state index in [1.165, 1.54) is 10.5 Å². The summed E-state index contributed by atoms with van der Waals surface area (Å²) in [6, 6.07) is 9.52. The number of nitrogens with one attached hydrogen (secondary N) is 1. The number of thiophene rings is 1. The molecule has 4 rings (SSSR count). The number of piperidine rings is 1. The Kier molecular flexibility index (Phi) is 6.66. The summed E-state index contributed by atoms with van der Waals surface area (Å²) in [5.74, 6) is -0.0553. The number of amides is 2. The minimum atomic E-state index is -0.0831. The molecule has 2 aromatic rings. The van der Waals surface area contributed by atoms with Crippen molar-refractivity contribution >= 4 is 35.6 Å². The number of nitrogens with zero attached hydrogens (tertiary/aromatic N) is 2. The molecule has 1 atom stereocenters. The Balaban J connectivity index is 0.00000240. The van der Waals surface area contributed by atoms with Gasteiger partial charge in [0.2, 0.25) is 0 Å². The lowest BCUT2D eigenvalue weighted by Gasteiger charge is -2.29. The lowest BCUT2D eigenvalue weighted by molar-refractivity contribution is 0.0692. The van der Waals surface area contributed by atoms with E-state index in [9.17, 15) is 9.59 Å². The fourth-order valence-electron chi connectivity index (χ4n) is 4.34. The van der Waals surface area contributed by atoms with Crippen LogP contribution in [-0.4, -0.2) is 54.8 Å². The second kappa shape index (κ2) is 8.86. The van der Waals surface area contributed by atoms with Crippen molar-refractivity contribution in [1.29, 1.82) is 0 Å². The summed E-state index contributed by atoms with van der Waals surface area (Å²) in [5, 5.41) is 7.60. The lowest BCUT2D eigenvalue weighted by Crippen LogP contribution is -2.39. The van der Waals surface area contributed by atoms with E-state index < -0.39 is 0 Å². The molecule has 1 aliphatic heterocycles. The van der Waals surface area contributed by atoms with Crippen LogP contribution < -0.4 is 5.32 Å². The van der Waals surface area contributed by atoms with Gasteiger partial charge in [0.1, 0.15) is 0 Å². The standard InChI is InChI=1S/C22H27N3O2S.ClH/c1-24(2)20(26)17-4-3-5-18(12-17)21(27)25(14-16-6-11-28-15-16)19-13-22(19)7-9-23-10-8-22;/h3-6,11-12,15,19,23H,7-10,13-14H2,1-2H3;1H. The van der Waals surface area contributed by atoms with Crippen molar-refractivity contribution < 1.29 is 9.59 Å². The molecule has 1 aliphatic carbocycles. The van der Waals surface area contributed by atoms with Crippen LogP contribution in [0.2, 0.25) is 0 Å². The molecule has 5 nitrogen and oxygen atoms in total. The molecule has 1 spiro atoms. The third-order valence-electron chi connectivity index (χ3n) is 6.08. The maximum Gasteiger partial charge on any atom is 0.254 e. The Morgan fingerprint density at radius 1 is 1.14 bits per heavy atom. The third-order valence-corrected chi connectivity index (χ3v) is 6.81. The maximum absolute atomic E-state index is 13.5. The van der Waals surface area contributed by atoms with Gasteiger partial charge in [-0.1, -0.05) is 6.07 Å². The minimum absolute atomic E-state index is 0. The molecule has 0 radical (unpaired) electrons. The van der Waals surface area contributed by atoms with E-state index in [-0.39, 0.29) is 35.7 Å². The molecule has 1 N–H and O–H groups in total. The quantitative estimate of drug-likeness (QED) is 0.782. The third kappa shape index (κ3) is 4.49. The second-order valence-corrected chi connectivity index (χ2v) is 8.96. The van der Waals surface area contributed by atoms with Crippen molar-refractivity contribution in [2.24, 2.45) is 5.41 Å². The summed E-state index contributed by atoms with van der Waals surface area (Å²) in [4.78, 5) is 29.4. The van der Waals surface area contributed by atoms with Crippen LogP contribution in [0.15, 0.2) is 41.1 Å². The fraction of sp³-hybridized carbons (Fsp3) is 0.455. The van der Waals surface area contributed by atoms with E-state index in [0.717, 1.165) is 32.4 Å². The fourth-order valence-corrected chi connectivity index (χ4v) is 5.00. The highest BCUT2D eigenvalue weighted by atomic mass is 35.5. The molecule has 156 valence electrons. The molecule has 29 heavy (non-hydrogen) atoms. The lowest BCUT2D eigenvalue weighted by atomic mass is 9.93. The van der Waals surface area contributed by atoms with Gasteiger partial charge in [0, 0.05) is 37.8 Å². The van der Waals surface area contributed by atoms with E-state index >= 15 is 0 Å². The van der Waals surface area contributed by atoms with E-state index in [4.69, 9.17) is 0 Å². The van der Waals surface area contributed by atoms with Crippen LogP contribution in [0.5, 0.6) is 0 Å². The molecular weight excluding hydrogens is 406 g/mol. The van der Waals surface area contributed by atoms with Crippen molar-refractivity contribution in [3.63, 3.8) is 0 Å². The highest BCUT2D eigenvalue weighted by Gasteiger charge is 2.57. The number of rotatable bonds is 5. The van der Waals surface area contributed by atoms with Gasteiger partial charge in [0.15, 0.2) is 0 Å². The van der Waals surface area contributed by atoms with E-state index in [0.29, 0.717) is 17.7 Å². The molecule has 2 amide bonds. The topological polar surface area (TPSA) is 52.7 Å². The first-order valence-corrected chi connectivity index (χ1v) is 10.8. The summed E-state index contributed by atoms with van der Waals surface area (Å²) >= 11 is 1.66. The van der Waals surface area contributed by atoms with Crippen LogP contribution in [0.3, 0.4) is 0 Å². The second-order valence-electron chi connectivity index (χ2n) is 8.18. The van der Waals surface area contributed by atoms with Gasteiger partial charge in [0.25, 0.3) is 11.8 Å². The van der Waals surface area contributed by atoms with Crippen molar-refractivity contribution in [3.05, 3.63) is 57.8 Å². The number of hydrogen-bond donors (Lipinski definition) is 1. The zero-order valence-electron chi connectivity index (χ0n) is 16.9. The predicted octanol–water partition coefficient (Wildman–Crippen LogP) is 3.66. The molecule has 1 aromatic carbocycles. The zero-order chi connectivity index (χ0) is 19.7. The summed E-state index contributed by atoms with van der Waals surface area (Å²) < 4.78 is 0. The Hall–Kier alpha value is -1.89. The molecule has 1 saturated carbocycles. The largest absolute Gasteiger partial charge is 0.345 e. The Labute approximate surface area is 182 Å². The minimum Gasteiger partial charge on any atom is -0.345 e. The number of carbonyl (C=O) groups excluding carboxylic acids is 2. The van der Waals surface area contributed by atoms with E-state index in [1.807, 2.05) is 11.0 Å². The van der Waals surface area contributed by atoms with Gasteiger partial charge in [0.05, 0.1) is 0 Å². The molecule has 2 aliphatic rings. The van der Waals surface area contributed by atoms with Gasteiger partial charge in [-0.15, -0.1) is 12.4 Å². The van der Waals surface area contributed by atoms with Crippen LogP contribution >= 0.6 is 23.7 Å². The molecule has 1 aromatic heterocycles. The number of halogens is 1. The summed E-state index contributed by atoms with van der Waals surface area (Å²) in [6.45, 7) is 2.70. The zero-order valence-corrected chi connectivity index (χ0v) is 18.5. The predicted molar refractivity (Wildman–Crippen MR) is 119 cm³/mol. The molecule has 1 saturated heterocycles. The van der Waals surface area contributed by atoms with E-state index in [2.05, 4.69) is 22.1 Å². The Morgan fingerprint density at radius 3 is 2.45 bits per heavy atom. The van der Waals surface area contributed by atoms with Gasteiger partial charge >= 0.3 is 0 Å². The van der Waals surface area contributed by atoms with Gasteiger partial charge in [-0.05, 0) is 78.4 Å². The first-order chi connectivity index (χ1) is 13.5. The van der Waals surface area contributed by atoms with Crippen LogP contribution in [-0.2, 0) is 6.54 Å². The molecule has 0 bridgehead atoms. The van der Waals surface area contributed by atoms with Crippen LogP contribution in [0.4, 0.5) is 0 Å². The molecular formula is C22H28ClN3O2S. The van der Waals surface area contributed by atoms with Crippen molar-refractivity contribution in [1.82, 2.24) is 15.1 Å². The van der Waals surface area contributed by atoms with Gasteiger partial charge < -0.3 is 15.1 Å². The van der Waals surface area contributed by atoms with Crippen molar-refractivity contribution in [2.75, 3.05) is 27.2 Å². The molecule has 2 fully saturated rings. The first-order valence-electron chi connectivity index (χ1n) is 9.85. The molecule has 1 unspecified atom stereocenters. The SMILES string of the molecule is CN(C)C(=O)c1cccc(C(=O)N(Cc2ccsc2)C2CC23CCNCC3)c1.Cl. The van der Waals surface area contributed by atoms with Gasteiger partial charge in [-0.3, -0.25) is 9.59 Å². The van der Waals surface area contributed by atoms with Gasteiger partial charge in [-0.25, -0.2) is 0 Å². The Morgan fingerprint density at radius 2 is 1.83 bits per heavy atom. The van der Waals surface area contributed by atoms with Crippen molar-refractivity contribution in [3.8, 4) is 0 Å². The summed E-state index contributed by atoms with van der Waals surface area (Å²) in [6.07, 6.45) is 3.34. The number of carbonyl (C=O) groups is 2. The normalized spacial score (nSPS) is 19.3. The van der Waals surface area contributed by atoms with Crippen LogP contribution in [0.25, 0.3) is 0 Å². The van der Waals surface area contributed by atoms with E-state index in [1.54, 1.807) is 43.6 Å². The summed E-state index contributed by atoms with van der Waals surface area (Å²) in [7, 11) is 3.45. The average Bonchev–Trinajstić information content (AvgIpc) is 3.14. The monoisotopic (exact) mass is 433 g/mol. The average molecular weight is 434 g/mol. The van der Waals surface area contributed by atoms with Crippen LogP contribution in [0.1, 0.15) is 45.5 Å². The Bertz CT molecular complexity index is 863. The van der Waals surface area contributed by atoms with Crippen LogP contribution in [0, 0.1) is 5.41 Å². The highest BCUT2D eigenvalue weighted by molar-refractivity contribution is 7.07. The number of hydrogen-bond acceptors (Lipinski definition) is 4. The highest BCUT2D eigenvalue weighted by Crippen LogP contribution is 2.56. The smallest absolute Gasteiger partial charge is 0.254 e. The molecule has 7 heteroatoms. The first kappa shape index (κ1) is 21.8. The molecule has 2 heterocycles. The maximum atomic E-state index is 13.5. The van der Waals surface area contributed by atoms with Gasteiger partial charge in [-0.2, -0.15) is 11.3 Å². The number of benzene rings is 1.